The summed E-state index contributed by atoms with van der Waals surface area (Å²) >= 11 is 1.22. The van der Waals surface area contributed by atoms with Gasteiger partial charge in [0.1, 0.15) is 12.1 Å². The minimum absolute atomic E-state index is 0.0776. The number of ether oxygens (including phenoxy) is 1. The van der Waals surface area contributed by atoms with Crippen LogP contribution in [0.3, 0.4) is 0 Å². The Hall–Kier alpha value is -2.16. The highest BCUT2D eigenvalue weighted by atomic mass is 32.2. The Morgan fingerprint density at radius 1 is 1.39 bits per heavy atom. The van der Waals surface area contributed by atoms with Crippen molar-refractivity contribution >= 4 is 23.4 Å². The Kier molecular flexibility index (Phi) is 5.91. The van der Waals surface area contributed by atoms with E-state index in [1.165, 1.54) is 23.9 Å². The molecule has 1 amide bonds. The summed E-state index contributed by atoms with van der Waals surface area (Å²) in [6.07, 6.45) is 1.59. The van der Waals surface area contributed by atoms with E-state index in [-0.39, 0.29) is 29.1 Å². The van der Waals surface area contributed by atoms with Gasteiger partial charge >= 0.3 is 6.61 Å². The lowest BCUT2D eigenvalue weighted by molar-refractivity contribution is -0.113. The van der Waals surface area contributed by atoms with Crippen molar-refractivity contribution in [1.29, 1.82) is 0 Å². The number of para-hydroxylation sites is 2. The predicted molar refractivity (Wildman–Crippen MR) is 82.8 cm³/mol. The van der Waals surface area contributed by atoms with Crippen molar-refractivity contribution in [2.24, 2.45) is 0 Å². The maximum Gasteiger partial charge on any atom is 0.387 e. The summed E-state index contributed by atoms with van der Waals surface area (Å²) in [7, 11) is 0. The average Bonchev–Trinajstić information content (AvgIpc) is 2.95. The molecular weight excluding hydrogens is 326 g/mol. The smallest absolute Gasteiger partial charge is 0.387 e. The van der Waals surface area contributed by atoms with Crippen molar-refractivity contribution in [2.45, 2.75) is 31.7 Å². The highest BCUT2D eigenvalue weighted by molar-refractivity contribution is 7.99. The second-order valence-electron chi connectivity index (χ2n) is 4.83. The first-order valence-electron chi connectivity index (χ1n) is 6.83. The molecule has 2 aromatic rings. The fraction of sp³-hybridized carbons (Fsp3) is 0.357. The van der Waals surface area contributed by atoms with Gasteiger partial charge in [-0.15, -0.1) is 10.2 Å². The summed E-state index contributed by atoms with van der Waals surface area (Å²) in [6, 6.07) is 6.21. The van der Waals surface area contributed by atoms with Gasteiger partial charge in [-0.3, -0.25) is 4.79 Å². The molecule has 0 spiro atoms. The van der Waals surface area contributed by atoms with Crippen molar-refractivity contribution in [3.8, 4) is 5.75 Å². The minimum Gasteiger partial charge on any atom is -0.433 e. The van der Waals surface area contributed by atoms with Crippen LogP contribution in [0.5, 0.6) is 5.75 Å². The molecule has 0 aliphatic heterocycles. The molecule has 1 aromatic carbocycles. The van der Waals surface area contributed by atoms with Gasteiger partial charge in [0.2, 0.25) is 5.91 Å². The van der Waals surface area contributed by atoms with Crippen LogP contribution in [0.4, 0.5) is 14.5 Å². The normalized spacial score (nSPS) is 11.0. The van der Waals surface area contributed by atoms with Crippen LogP contribution in [0, 0.1) is 0 Å². The van der Waals surface area contributed by atoms with Crippen LogP contribution in [0.1, 0.15) is 19.9 Å². The molecule has 0 unspecified atom stereocenters. The van der Waals surface area contributed by atoms with Gasteiger partial charge in [-0.05, 0) is 26.0 Å². The zero-order valence-corrected chi connectivity index (χ0v) is 13.4. The zero-order chi connectivity index (χ0) is 16.8. The molecule has 0 bridgehead atoms. The first kappa shape index (κ1) is 17.2. The highest BCUT2D eigenvalue weighted by Crippen LogP contribution is 2.26. The maximum atomic E-state index is 12.3. The van der Waals surface area contributed by atoms with Crippen LogP contribution in [0.15, 0.2) is 35.7 Å². The molecule has 6 nitrogen and oxygen atoms in total. The lowest BCUT2D eigenvalue weighted by Gasteiger charge is -2.12. The number of amides is 1. The lowest BCUT2D eigenvalue weighted by Crippen LogP contribution is -2.16. The standard InChI is InChI=1S/C14H16F2N4O2S/c1-9(2)20-8-17-19-14(20)23-7-12(21)18-10-5-3-4-6-11(10)22-13(15)16/h3-6,8-9,13H,7H2,1-2H3,(H,18,21). The molecule has 1 heterocycles. The van der Waals surface area contributed by atoms with Crippen molar-refractivity contribution in [2.75, 3.05) is 11.1 Å². The summed E-state index contributed by atoms with van der Waals surface area (Å²) in [5.41, 5.74) is 0.198. The summed E-state index contributed by atoms with van der Waals surface area (Å²) in [6.45, 7) is 1.00. The van der Waals surface area contributed by atoms with Crippen molar-refractivity contribution in [3.63, 3.8) is 0 Å². The Labute approximate surface area is 136 Å². The number of alkyl halides is 2. The fourth-order valence-corrected chi connectivity index (χ4v) is 2.62. The first-order chi connectivity index (χ1) is 11.0. The van der Waals surface area contributed by atoms with Gasteiger partial charge in [-0.25, -0.2) is 0 Å². The van der Waals surface area contributed by atoms with Crippen LogP contribution in [0.25, 0.3) is 0 Å². The molecule has 124 valence electrons. The molecule has 23 heavy (non-hydrogen) atoms. The Bertz CT molecular complexity index is 664. The number of anilines is 1. The molecule has 0 fully saturated rings. The molecule has 0 saturated heterocycles. The molecule has 0 aliphatic rings. The first-order valence-corrected chi connectivity index (χ1v) is 7.82. The SMILES string of the molecule is CC(C)n1cnnc1SCC(=O)Nc1ccccc1OC(F)F. The van der Waals surface area contributed by atoms with Crippen LogP contribution in [0.2, 0.25) is 0 Å². The van der Waals surface area contributed by atoms with E-state index >= 15 is 0 Å². The van der Waals surface area contributed by atoms with E-state index in [9.17, 15) is 13.6 Å². The lowest BCUT2D eigenvalue weighted by atomic mass is 10.3. The summed E-state index contributed by atoms with van der Waals surface area (Å²) < 4.78 is 30.9. The van der Waals surface area contributed by atoms with E-state index in [1.807, 2.05) is 18.4 Å². The van der Waals surface area contributed by atoms with Crippen molar-refractivity contribution < 1.29 is 18.3 Å². The van der Waals surface area contributed by atoms with Crippen molar-refractivity contribution in [3.05, 3.63) is 30.6 Å². The molecule has 1 N–H and O–H groups in total. The highest BCUT2D eigenvalue weighted by Gasteiger charge is 2.14. The quantitative estimate of drug-likeness (QED) is 0.783. The van der Waals surface area contributed by atoms with Gasteiger partial charge in [-0.2, -0.15) is 8.78 Å². The van der Waals surface area contributed by atoms with E-state index < -0.39 is 6.61 Å². The third kappa shape index (κ3) is 4.92. The van der Waals surface area contributed by atoms with Crippen LogP contribution in [-0.2, 0) is 4.79 Å². The van der Waals surface area contributed by atoms with E-state index in [1.54, 1.807) is 18.5 Å². The number of benzene rings is 1. The average molecular weight is 342 g/mol. The Morgan fingerprint density at radius 2 is 2.13 bits per heavy atom. The maximum absolute atomic E-state index is 12.3. The number of carbonyl (C=O) groups excluding carboxylic acids is 1. The van der Waals surface area contributed by atoms with Gasteiger partial charge in [0.25, 0.3) is 0 Å². The van der Waals surface area contributed by atoms with Gasteiger partial charge in [-0.1, -0.05) is 23.9 Å². The van der Waals surface area contributed by atoms with E-state index in [2.05, 4.69) is 20.3 Å². The van der Waals surface area contributed by atoms with E-state index in [0.717, 1.165) is 0 Å². The van der Waals surface area contributed by atoms with Crippen LogP contribution < -0.4 is 10.1 Å². The molecule has 0 saturated carbocycles. The number of aromatic nitrogens is 3. The Balaban J connectivity index is 1.96. The van der Waals surface area contributed by atoms with Crippen molar-refractivity contribution in [1.82, 2.24) is 14.8 Å². The largest absolute Gasteiger partial charge is 0.433 e. The number of nitrogens with zero attached hydrogens (tertiary/aromatic N) is 3. The fourth-order valence-electron chi connectivity index (χ4n) is 1.77. The van der Waals surface area contributed by atoms with E-state index in [0.29, 0.717) is 5.16 Å². The molecule has 1 aromatic heterocycles. The number of hydrogen-bond donors (Lipinski definition) is 1. The predicted octanol–water partition coefficient (Wildman–Crippen LogP) is 3.19. The third-order valence-electron chi connectivity index (χ3n) is 2.81. The molecule has 0 radical (unpaired) electrons. The number of rotatable bonds is 7. The monoisotopic (exact) mass is 342 g/mol. The van der Waals surface area contributed by atoms with Crippen LogP contribution in [-0.4, -0.2) is 33.0 Å². The number of carbonyl (C=O) groups is 1. The van der Waals surface area contributed by atoms with Gasteiger partial charge < -0.3 is 14.6 Å². The molecule has 2 rings (SSSR count). The zero-order valence-electron chi connectivity index (χ0n) is 12.6. The summed E-state index contributed by atoms with van der Waals surface area (Å²) in [5, 5.41) is 10.9. The van der Waals surface area contributed by atoms with E-state index in [4.69, 9.17) is 0 Å². The number of halogens is 2. The summed E-state index contributed by atoms with van der Waals surface area (Å²) in [5.74, 6) is -0.348. The number of hydrogen-bond acceptors (Lipinski definition) is 5. The third-order valence-corrected chi connectivity index (χ3v) is 3.76. The second kappa shape index (κ2) is 7.91. The van der Waals surface area contributed by atoms with Gasteiger partial charge in [0.05, 0.1) is 11.4 Å². The number of thioether (sulfide) groups is 1. The molecule has 0 atom stereocenters. The topological polar surface area (TPSA) is 69.0 Å². The summed E-state index contributed by atoms with van der Waals surface area (Å²) in [4.78, 5) is 12.0. The van der Waals surface area contributed by atoms with Gasteiger partial charge in [0.15, 0.2) is 5.16 Å². The molecular formula is C14H16F2N4O2S. The molecule has 9 heteroatoms. The minimum atomic E-state index is -2.95. The van der Waals surface area contributed by atoms with Crippen LogP contribution >= 0.6 is 11.8 Å². The number of nitrogens with one attached hydrogen (secondary N) is 1. The van der Waals surface area contributed by atoms with Gasteiger partial charge in [0, 0.05) is 6.04 Å². The Morgan fingerprint density at radius 3 is 2.83 bits per heavy atom. The second-order valence-corrected chi connectivity index (χ2v) is 5.77. The molecule has 0 aliphatic carbocycles.